The molecule has 0 aliphatic carbocycles. The van der Waals surface area contributed by atoms with Crippen molar-refractivity contribution in [1.29, 1.82) is 0 Å². The first-order chi connectivity index (χ1) is 6.29. The van der Waals surface area contributed by atoms with Crippen molar-refractivity contribution in [2.45, 2.75) is 38.1 Å². The van der Waals surface area contributed by atoms with Crippen LogP contribution in [0.5, 0.6) is 0 Å². The molecule has 0 bridgehead atoms. The molecule has 0 amide bonds. The topological polar surface area (TPSA) is 40.5 Å². The Balaban J connectivity index is 2.10. The highest BCUT2D eigenvalue weighted by atomic mass is 16.4. The van der Waals surface area contributed by atoms with Crippen LogP contribution in [0.4, 0.5) is 0 Å². The summed E-state index contributed by atoms with van der Waals surface area (Å²) in [5, 5.41) is 9.08. The number of hydrogen-bond donors (Lipinski definition) is 1. The number of hydrogen-bond acceptors (Lipinski definition) is 2. The van der Waals surface area contributed by atoms with Crippen molar-refractivity contribution in [3.63, 3.8) is 0 Å². The third-order valence-electron chi connectivity index (χ3n) is 3.41. The van der Waals surface area contributed by atoms with Gasteiger partial charge < -0.3 is 5.11 Å². The van der Waals surface area contributed by atoms with E-state index in [2.05, 4.69) is 4.90 Å². The third-order valence-corrected chi connectivity index (χ3v) is 3.41. The van der Waals surface area contributed by atoms with E-state index in [0.717, 1.165) is 32.4 Å². The fourth-order valence-corrected chi connectivity index (χ4v) is 2.74. The fraction of sp³-hybridized carbons (Fsp3) is 0.900. The molecule has 2 atom stereocenters. The van der Waals surface area contributed by atoms with Crippen molar-refractivity contribution >= 4 is 5.97 Å². The molecule has 3 nitrogen and oxygen atoms in total. The van der Waals surface area contributed by atoms with E-state index in [1.54, 1.807) is 0 Å². The summed E-state index contributed by atoms with van der Waals surface area (Å²) in [7, 11) is 0. The number of carboxylic acids is 1. The molecule has 3 heteroatoms. The molecule has 2 fully saturated rings. The number of aliphatic carboxylic acids is 1. The number of fused-ring (bicyclic) bond motifs is 1. The van der Waals surface area contributed by atoms with Crippen molar-refractivity contribution in [3.05, 3.63) is 0 Å². The van der Waals surface area contributed by atoms with E-state index in [1.807, 2.05) is 0 Å². The van der Waals surface area contributed by atoms with Crippen LogP contribution in [0.3, 0.4) is 0 Å². The molecule has 2 aliphatic heterocycles. The fourth-order valence-electron chi connectivity index (χ4n) is 2.74. The molecular weight excluding hydrogens is 166 g/mol. The van der Waals surface area contributed by atoms with Crippen LogP contribution < -0.4 is 0 Å². The van der Waals surface area contributed by atoms with Gasteiger partial charge in [0.25, 0.3) is 0 Å². The molecule has 2 aliphatic rings. The maximum Gasteiger partial charge on any atom is 0.308 e. The van der Waals surface area contributed by atoms with E-state index >= 15 is 0 Å². The van der Waals surface area contributed by atoms with E-state index in [1.165, 1.54) is 12.8 Å². The number of rotatable bonds is 1. The predicted molar refractivity (Wildman–Crippen MR) is 49.6 cm³/mol. The van der Waals surface area contributed by atoms with E-state index in [-0.39, 0.29) is 5.92 Å². The number of carbonyl (C=O) groups is 1. The van der Waals surface area contributed by atoms with Gasteiger partial charge in [0, 0.05) is 6.04 Å². The summed E-state index contributed by atoms with van der Waals surface area (Å²) < 4.78 is 0. The smallest absolute Gasteiger partial charge is 0.308 e. The highest BCUT2D eigenvalue weighted by Gasteiger charge is 2.36. The van der Waals surface area contributed by atoms with Crippen LogP contribution >= 0.6 is 0 Å². The minimum atomic E-state index is -0.584. The quantitative estimate of drug-likeness (QED) is 0.666. The lowest BCUT2D eigenvalue weighted by molar-refractivity contribution is -0.143. The van der Waals surface area contributed by atoms with Crippen molar-refractivity contribution in [2.75, 3.05) is 13.1 Å². The molecule has 0 radical (unpaired) electrons. The molecule has 2 heterocycles. The molecule has 2 saturated heterocycles. The van der Waals surface area contributed by atoms with Crippen LogP contribution in [-0.4, -0.2) is 35.1 Å². The first kappa shape index (κ1) is 9.00. The second-order valence-corrected chi connectivity index (χ2v) is 4.19. The van der Waals surface area contributed by atoms with E-state index in [0.29, 0.717) is 6.04 Å². The van der Waals surface area contributed by atoms with Crippen LogP contribution in [0.15, 0.2) is 0 Å². The zero-order chi connectivity index (χ0) is 9.26. The summed E-state index contributed by atoms with van der Waals surface area (Å²) in [6, 6.07) is 0.347. The Labute approximate surface area is 78.7 Å². The Bertz CT molecular complexity index is 205. The van der Waals surface area contributed by atoms with Gasteiger partial charge in [-0.1, -0.05) is 6.42 Å². The summed E-state index contributed by atoms with van der Waals surface area (Å²) in [6.07, 6.45) is 5.44. The van der Waals surface area contributed by atoms with Crippen molar-refractivity contribution in [2.24, 2.45) is 5.92 Å². The molecule has 2 unspecified atom stereocenters. The molecular formula is C10H17NO2. The Kier molecular flexibility index (Phi) is 2.54. The lowest BCUT2D eigenvalue weighted by atomic mass is 9.94. The Morgan fingerprint density at radius 3 is 2.69 bits per heavy atom. The van der Waals surface area contributed by atoms with Gasteiger partial charge in [-0.2, -0.15) is 0 Å². The predicted octanol–water partition coefficient (Wildman–Crippen LogP) is 1.34. The Morgan fingerprint density at radius 2 is 1.92 bits per heavy atom. The molecule has 74 valence electrons. The third kappa shape index (κ3) is 1.70. The van der Waals surface area contributed by atoms with Gasteiger partial charge in [0.05, 0.1) is 5.92 Å². The number of carboxylic acid groups (broad SMARTS) is 1. The minimum Gasteiger partial charge on any atom is -0.481 e. The van der Waals surface area contributed by atoms with Gasteiger partial charge in [0.1, 0.15) is 0 Å². The number of nitrogens with zero attached hydrogens (tertiary/aromatic N) is 1. The zero-order valence-corrected chi connectivity index (χ0v) is 7.91. The maximum atomic E-state index is 11.0. The maximum absolute atomic E-state index is 11.0. The standard InChI is InChI=1S/C10H17NO2/c12-10(13)8-4-1-2-6-11-7-3-5-9(8)11/h8-9H,1-7H2,(H,12,13). The Hall–Kier alpha value is -0.570. The van der Waals surface area contributed by atoms with Gasteiger partial charge in [-0.05, 0) is 38.8 Å². The Morgan fingerprint density at radius 1 is 1.15 bits per heavy atom. The molecule has 0 aromatic carbocycles. The zero-order valence-electron chi connectivity index (χ0n) is 7.91. The van der Waals surface area contributed by atoms with Crippen LogP contribution in [0.2, 0.25) is 0 Å². The molecule has 0 aromatic rings. The van der Waals surface area contributed by atoms with Gasteiger partial charge in [0.2, 0.25) is 0 Å². The summed E-state index contributed by atoms with van der Waals surface area (Å²) in [5.74, 6) is -0.677. The molecule has 0 spiro atoms. The molecule has 0 saturated carbocycles. The van der Waals surface area contributed by atoms with Crippen molar-refractivity contribution < 1.29 is 9.90 Å². The van der Waals surface area contributed by atoms with Crippen LogP contribution in [0.1, 0.15) is 32.1 Å². The van der Waals surface area contributed by atoms with Crippen molar-refractivity contribution in [3.8, 4) is 0 Å². The van der Waals surface area contributed by atoms with Crippen molar-refractivity contribution in [1.82, 2.24) is 4.90 Å². The highest BCUT2D eigenvalue weighted by Crippen LogP contribution is 2.30. The van der Waals surface area contributed by atoms with E-state index in [9.17, 15) is 4.79 Å². The van der Waals surface area contributed by atoms with Gasteiger partial charge in [-0.3, -0.25) is 9.69 Å². The van der Waals surface area contributed by atoms with Gasteiger partial charge in [-0.15, -0.1) is 0 Å². The normalized spacial score (nSPS) is 35.4. The monoisotopic (exact) mass is 183 g/mol. The molecule has 1 N–H and O–H groups in total. The lowest BCUT2D eigenvalue weighted by Gasteiger charge is -2.25. The highest BCUT2D eigenvalue weighted by molar-refractivity contribution is 5.71. The summed E-state index contributed by atoms with van der Waals surface area (Å²) >= 11 is 0. The average molecular weight is 183 g/mol. The van der Waals surface area contributed by atoms with Gasteiger partial charge >= 0.3 is 5.97 Å². The molecule has 2 rings (SSSR count). The van der Waals surface area contributed by atoms with Crippen LogP contribution in [0.25, 0.3) is 0 Å². The molecule has 0 aromatic heterocycles. The second-order valence-electron chi connectivity index (χ2n) is 4.19. The lowest BCUT2D eigenvalue weighted by Crippen LogP contribution is -2.37. The summed E-state index contributed by atoms with van der Waals surface area (Å²) in [5.41, 5.74) is 0. The average Bonchev–Trinajstić information content (AvgIpc) is 2.44. The first-order valence-electron chi connectivity index (χ1n) is 5.26. The summed E-state index contributed by atoms with van der Waals surface area (Å²) in [4.78, 5) is 13.4. The van der Waals surface area contributed by atoms with Gasteiger partial charge in [0.15, 0.2) is 0 Å². The van der Waals surface area contributed by atoms with Crippen LogP contribution in [0, 0.1) is 5.92 Å². The minimum absolute atomic E-state index is 0.0926. The SMILES string of the molecule is O=C(O)C1CCCCN2CCCC12. The van der Waals surface area contributed by atoms with E-state index < -0.39 is 5.97 Å². The van der Waals surface area contributed by atoms with Crippen LogP contribution in [-0.2, 0) is 4.79 Å². The first-order valence-corrected chi connectivity index (χ1v) is 5.26. The second kappa shape index (κ2) is 3.66. The van der Waals surface area contributed by atoms with Gasteiger partial charge in [-0.25, -0.2) is 0 Å². The van der Waals surface area contributed by atoms with E-state index in [4.69, 9.17) is 5.11 Å². The summed E-state index contributed by atoms with van der Waals surface area (Å²) in [6.45, 7) is 2.24. The largest absolute Gasteiger partial charge is 0.481 e. The molecule has 13 heavy (non-hydrogen) atoms.